The number of methoxy groups -OCH3 is 1. The third-order valence-corrected chi connectivity index (χ3v) is 2.92. The zero-order valence-corrected chi connectivity index (χ0v) is 8.23. The summed E-state index contributed by atoms with van der Waals surface area (Å²) in [6.45, 7) is 2.87. The van der Waals surface area contributed by atoms with E-state index in [1.54, 1.807) is 7.11 Å². The zero-order valence-electron chi connectivity index (χ0n) is 8.23. The Morgan fingerprint density at radius 1 is 1.62 bits per heavy atom. The van der Waals surface area contributed by atoms with Gasteiger partial charge in [-0.3, -0.25) is 4.99 Å². The number of nitrogens with two attached hydrogens (primary N) is 1. The summed E-state index contributed by atoms with van der Waals surface area (Å²) in [5, 5.41) is 0. The number of ether oxygens (including phenoxy) is 1. The average molecular weight is 183 g/mol. The molecule has 0 amide bonds. The average Bonchev–Trinajstić information content (AvgIpc) is 2.89. The Kier molecular flexibility index (Phi) is 2.15. The van der Waals surface area contributed by atoms with Crippen LogP contribution in [0.2, 0.25) is 0 Å². The van der Waals surface area contributed by atoms with Gasteiger partial charge in [0.05, 0.1) is 18.7 Å². The molecule has 1 aliphatic carbocycles. The minimum atomic E-state index is 0.213. The molecule has 2 unspecified atom stereocenters. The fourth-order valence-corrected chi connectivity index (χ4v) is 1.87. The van der Waals surface area contributed by atoms with Gasteiger partial charge in [-0.1, -0.05) is 0 Å². The lowest BCUT2D eigenvalue weighted by atomic mass is 10.1. The maximum Gasteiger partial charge on any atom is 0.191 e. The fraction of sp³-hybridized carbons (Fsp3) is 0.889. The molecule has 1 heterocycles. The molecule has 0 bridgehead atoms. The second kappa shape index (κ2) is 3.18. The van der Waals surface area contributed by atoms with Gasteiger partial charge in [0, 0.05) is 13.2 Å². The summed E-state index contributed by atoms with van der Waals surface area (Å²) in [5.41, 5.74) is 5.82. The van der Waals surface area contributed by atoms with Crippen LogP contribution in [0, 0.1) is 0 Å². The van der Waals surface area contributed by atoms with Crippen LogP contribution < -0.4 is 5.73 Å². The Hall–Kier alpha value is -0.770. The molecule has 4 nitrogen and oxygen atoms in total. The first-order valence-corrected chi connectivity index (χ1v) is 4.85. The molecule has 0 aromatic carbocycles. The Morgan fingerprint density at radius 3 is 2.85 bits per heavy atom. The van der Waals surface area contributed by atoms with Crippen molar-refractivity contribution in [3.63, 3.8) is 0 Å². The largest absolute Gasteiger partial charge is 0.380 e. The van der Waals surface area contributed by atoms with Crippen LogP contribution in [-0.2, 0) is 4.74 Å². The Labute approximate surface area is 78.8 Å². The summed E-state index contributed by atoms with van der Waals surface area (Å²) in [6.07, 6.45) is 2.72. The van der Waals surface area contributed by atoms with Crippen molar-refractivity contribution in [2.75, 3.05) is 13.7 Å². The highest BCUT2D eigenvalue weighted by atomic mass is 16.5. The maximum atomic E-state index is 5.82. The van der Waals surface area contributed by atoms with Crippen LogP contribution in [0.1, 0.15) is 19.8 Å². The highest BCUT2D eigenvalue weighted by molar-refractivity contribution is 5.81. The molecular weight excluding hydrogens is 166 g/mol. The SMILES string of the molecule is COC(C)C1CN=C(N)N1C1CC1. The molecule has 0 aromatic rings. The van der Waals surface area contributed by atoms with E-state index in [2.05, 4.69) is 16.8 Å². The van der Waals surface area contributed by atoms with Crippen LogP contribution in [-0.4, -0.2) is 42.7 Å². The molecule has 1 saturated carbocycles. The lowest BCUT2D eigenvalue weighted by Gasteiger charge is -2.29. The van der Waals surface area contributed by atoms with E-state index in [9.17, 15) is 0 Å². The molecule has 1 fully saturated rings. The van der Waals surface area contributed by atoms with Crippen molar-refractivity contribution in [3.05, 3.63) is 0 Å². The van der Waals surface area contributed by atoms with Crippen LogP contribution in [0.15, 0.2) is 4.99 Å². The molecule has 13 heavy (non-hydrogen) atoms. The van der Waals surface area contributed by atoms with Crippen molar-refractivity contribution < 1.29 is 4.74 Å². The molecule has 0 radical (unpaired) electrons. The summed E-state index contributed by atoms with van der Waals surface area (Å²) in [6, 6.07) is 0.992. The first kappa shape index (κ1) is 8.81. The van der Waals surface area contributed by atoms with Gasteiger partial charge in [0.1, 0.15) is 0 Å². The van der Waals surface area contributed by atoms with E-state index in [1.165, 1.54) is 12.8 Å². The second-order valence-electron chi connectivity index (χ2n) is 3.85. The minimum Gasteiger partial charge on any atom is -0.380 e. The normalized spacial score (nSPS) is 30.5. The maximum absolute atomic E-state index is 5.82. The van der Waals surface area contributed by atoms with Gasteiger partial charge in [-0.05, 0) is 19.8 Å². The van der Waals surface area contributed by atoms with Crippen molar-refractivity contribution >= 4 is 5.96 Å². The van der Waals surface area contributed by atoms with Gasteiger partial charge in [0.15, 0.2) is 5.96 Å². The highest BCUT2D eigenvalue weighted by Gasteiger charge is 2.40. The van der Waals surface area contributed by atoms with E-state index in [1.807, 2.05) is 0 Å². The zero-order chi connectivity index (χ0) is 9.42. The third kappa shape index (κ3) is 1.50. The molecule has 2 aliphatic rings. The Balaban J connectivity index is 2.04. The topological polar surface area (TPSA) is 50.9 Å². The molecule has 0 aromatic heterocycles. The smallest absolute Gasteiger partial charge is 0.191 e. The summed E-state index contributed by atoms with van der Waals surface area (Å²) < 4.78 is 5.32. The van der Waals surface area contributed by atoms with Gasteiger partial charge in [-0.2, -0.15) is 0 Å². The van der Waals surface area contributed by atoms with Crippen LogP contribution in [0.5, 0.6) is 0 Å². The van der Waals surface area contributed by atoms with E-state index >= 15 is 0 Å². The number of hydrogen-bond acceptors (Lipinski definition) is 4. The van der Waals surface area contributed by atoms with Crippen molar-refractivity contribution in [1.82, 2.24) is 4.90 Å². The molecule has 4 heteroatoms. The quantitative estimate of drug-likeness (QED) is 0.679. The van der Waals surface area contributed by atoms with Gasteiger partial charge in [-0.25, -0.2) is 0 Å². The number of hydrogen-bond donors (Lipinski definition) is 1. The summed E-state index contributed by atoms with van der Waals surface area (Å²) >= 11 is 0. The minimum absolute atomic E-state index is 0.213. The van der Waals surface area contributed by atoms with Gasteiger partial charge < -0.3 is 15.4 Å². The lowest BCUT2D eigenvalue weighted by Crippen LogP contribution is -2.47. The molecule has 1 aliphatic heterocycles. The molecular formula is C9H17N3O. The first-order chi connectivity index (χ1) is 6.24. The van der Waals surface area contributed by atoms with Gasteiger partial charge in [-0.15, -0.1) is 0 Å². The molecule has 0 spiro atoms. The number of aliphatic imine (C=N–C) groups is 1. The van der Waals surface area contributed by atoms with E-state index in [-0.39, 0.29) is 6.10 Å². The summed E-state index contributed by atoms with van der Waals surface area (Å²) in [4.78, 5) is 6.50. The number of rotatable bonds is 3. The first-order valence-electron chi connectivity index (χ1n) is 4.85. The number of guanidine groups is 1. The van der Waals surface area contributed by atoms with Crippen LogP contribution >= 0.6 is 0 Å². The summed E-state index contributed by atoms with van der Waals surface area (Å²) in [7, 11) is 1.74. The van der Waals surface area contributed by atoms with Crippen molar-refractivity contribution in [2.45, 2.75) is 38.0 Å². The standard InChI is InChI=1S/C9H17N3O/c1-6(13-2)8-5-11-9(10)12(8)7-3-4-7/h6-8H,3-5H2,1-2H3,(H2,10,11). The van der Waals surface area contributed by atoms with E-state index in [4.69, 9.17) is 10.5 Å². The second-order valence-corrected chi connectivity index (χ2v) is 3.85. The fourth-order valence-electron chi connectivity index (χ4n) is 1.87. The molecule has 0 saturated heterocycles. The van der Waals surface area contributed by atoms with Crippen LogP contribution in [0.4, 0.5) is 0 Å². The Bertz CT molecular complexity index is 225. The predicted octanol–water partition coefficient (Wildman–Crippen LogP) is 0.183. The Morgan fingerprint density at radius 2 is 2.31 bits per heavy atom. The molecule has 2 atom stereocenters. The van der Waals surface area contributed by atoms with Crippen LogP contribution in [0.25, 0.3) is 0 Å². The van der Waals surface area contributed by atoms with E-state index in [0.29, 0.717) is 18.0 Å². The van der Waals surface area contributed by atoms with Crippen molar-refractivity contribution in [3.8, 4) is 0 Å². The molecule has 2 rings (SSSR count). The van der Waals surface area contributed by atoms with Gasteiger partial charge >= 0.3 is 0 Å². The summed E-state index contributed by atoms with van der Waals surface area (Å²) in [5.74, 6) is 0.705. The van der Waals surface area contributed by atoms with Crippen molar-refractivity contribution in [2.24, 2.45) is 10.7 Å². The molecule has 2 N–H and O–H groups in total. The monoisotopic (exact) mass is 183 g/mol. The van der Waals surface area contributed by atoms with Crippen molar-refractivity contribution in [1.29, 1.82) is 0 Å². The highest BCUT2D eigenvalue weighted by Crippen LogP contribution is 2.31. The van der Waals surface area contributed by atoms with Gasteiger partial charge in [0.25, 0.3) is 0 Å². The number of nitrogens with zero attached hydrogens (tertiary/aromatic N) is 2. The van der Waals surface area contributed by atoms with E-state index in [0.717, 1.165) is 6.54 Å². The van der Waals surface area contributed by atoms with Gasteiger partial charge in [0.2, 0.25) is 0 Å². The molecule has 74 valence electrons. The van der Waals surface area contributed by atoms with Crippen LogP contribution in [0.3, 0.4) is 0 Å². The van der Waals surface area contributed by atoms with E-state index < -0.39 is 0 Å². The lowest BCUT2D eigenvalue weighted by molar-refractivity contribution is 0.0585. The predicted molar refractivity (Wildman–Crippen MR) is 51.6 cm³/mol. The third-order valence-electron chi connectivity index (χ3n) is 2.92.